The summed E-state index contributed by atoms with van der Waals surface area (Å²) in [7, 11) is 0. The first-order valence-corrected chi connectivity index (χ1v) is 6.90. The summed E-state index contributed by atoms with van der Waals surface area (Å²) in [4.78, 5) is 13.3. The van der Waals surface area contributed by atoms with Crippen molar-refractivity contribution in [2.45, 2.75) is 25.7 Å². The molecule has 1 heterocycles. The predicted molar refractivity (Wildman–Crippen MR) is 76.2 cm³/mol. The molecule has 3 heteroatoms. The molecule has 1 aromatic rings. The number of rotatable bonds is 5. The van der Waals surface area contributed by atoms with Crippen molar-refractivity contribution >= 4 is 5.97 Å². The number of carboxylic acids is 1. The maximum atomic E-state index is 10.9. The van der Waals surface area contributed by atoms with E-state index in [1.165, 1.54) is 5.56 Å². The van der Waals surface area contributed by atoms with Gasteiger partial charge in [0.2, 0.25) is 0 Å². The minimum Gasteiger partial charge on any atom is -0.478 e. The van der Waals surface area contributed by atoms with Crippen LogP contribution in [0.15, 0.2) is 42.0 Å². The quantitative estimate of drug-likeness (QED) is 0.827. The van der Waals surface area contributed by atoms with Crippen molar-refractivity contribution in [2.75, 3.05) is 19.6 Å². The Morgan fingerprint density at radius 2 is 2.16 bits per heavy atom. The van der Waals surface area contributed by atoms with Crippen LogP contribution in [-0.4, -0.2) is 35.6 Å². The van der Waals surface area contributed by atoms with Crippen LogP contribution in [0.2, 0.25) is 0 Å². The van der Waals surface area contributed by atoms with Crippen LogP contribution in [0.3, 0.4) is 0 Å². The van der Waals surface area contributed by atoms with Crippen LogP contribution in [0.1, 0.15) is 31.2 Å². The molecule has 1 aliphatic rings. The van der Waals surface area contributed by atoms with Gasteiger partial charge in [0, 0.05) is 18.7 Å². The number of carboxylic acid groups (broad SMARTS) is 1. The normalized spacial score (nSPS) is 20.7. The first kappa shape index (κ1) is 13.8. The standard InChI is InChI=1S/C16H21NO2/c1-2-13(16(18)19)8-10-17-11-9-15(12-17)14-6-4-3-5-7-14/h3-8,15H,2,9-12H2,1H3,(H,18,19). The second kappa shape index (κ2) is 6.53. The molecule has 19 heavy (non-hydrogen) atoms. The third-order valence-electron chi connectivity index (χ3n) is 3.79. The summed E-state index contributed by atoms with van der Waals surface area (Å²) in [5, 5.41) is 8.99. The Hall–Kier alpha value is -1.61. The lowest BCUT2D eigenvalue weighted by Gasteiger charge is -2.14. The van der Waals surface area contributed by atoms with Gasteiger partial charge in [-0.2, -0.15) is 0 Å². The average Bonchev–Trinajstić information content (AvgIpc) is 2.89. The van der Waals surface area contributed by atoms with Gasteiger partial charge in [-0.25, -0.2) is 4.79 Å². The fourth-order valence-corrected chi connectivity index (χ4v) is 2.62. The summed E-state index contributed by atoms with van der Waals surface area (Å²) in [5.41, 5.74) is 1.91. The van der Waals surface area contributed by atoms with E-state index in [1.54, 1.807) is 0 Å². The number of hydrogen-bond acceptors (Lipinski definition) is 2. The maximum absolute atomic E-state index is 10.9. The largest absolute Gasteiger partial charge is 0.478 e. The molecular weight excluding hydrogens is 238 g/mol. The summed E-state index contributed by atoms with van der Waals surface area (Å²) in [5.74, 6) is -0.203. The summed E-state index contributed by atoms with van der Waals surface area (Å²) in [6, 6.07) is 10.6. The van der Waals surface area contributed by atoms with Crippen LogP contribution in [0.5, 0.6) is 0 Å². The Balaban J connectivity index is 1.91. The third kappa shape index (κ3) is 3.67. The van der Waals surface area contributed by atoms with Crippen molar-refractivity contribution in [3.05, 3.63) is 47.5 Å². The average molecular weight is 259 g/mol. The van der Waals surface area contributed by atoms with E-state index in [1.807, 2.05) is 19.1 Å². The van der Waals surface area contributed by atoms with Crippen LogP contribution in [-0.2, 0) is 4.79 Å². The number of nitrogens with zero attached hydrogens (tertiary/aromatic N) is 1. The van der Waals surface area contributed by atoms with Gasteiger partial charge in [0.15, 0.2) is 0 Å². The Morgan fingerprint density at radius 1 is 1.42 bits per heavy atom. The topological polar surface area (TPSA) is 40.5 Å². The van der Waals surface area contributed by atoms with Gasteiger partial charge in [-0.05, 0) is 30.9 Å². The highest BCUT2D eigenvalue weighted by atomic mass is 16.4. The number of aliphatic carboxylic acids is 1. The Bertz CT molecular complexity index is 453. The van der Waals surface area contributed by atoms with Gasteiger partial charge in [-0.1, -0.05) is 43.3 Å². The Kier molecular flexibility index (Phi) is 4.74. The van der Waals surface area contributed by atoms with E-state index < -0.39 is 5.97 Å². The molecule has 1 fully saturated rings. The summed E-state index contributed by atoms with van der Waals surface area (Å²) >= 11 is 0. The van der Waals surface area contributed by atoms with Crippen molar-refractivity contribution in [3.63, 3.8) is 0 Å². The van der Waals surface area contributed by atoms with Crippen LogP contribution in [0.4, 0.5) is 0 Å². The van der Waals surface area contributed by atoms with E-state index in [0.29, 0.717) is 17.9 Å². The molecule has 0 spiro atoms. The first-order chi connectivity index (χ1) is 9.20. The molecular formula is C16H21NO2. The molecule has 0 saturated carbocycles. The molecule has 1 aliphatic heterocycles. The molecule has 1 unspecified atom stereocenters. The zero-order valence-corrected chi connectivity index (χ0v) is 11.4. The van der Waals surface area contributed by atoms with Crippen molar-refractivity contribution in [2.24, 2.45) is 0 Å². The lowest BCUT2D eigenvalue weighted by Crippen LogP contribution is -2.21. The predicted octanol–water partition coefficient (Wildman–Crippen LogP) is 2.90. The van der Waals surface area contributed by atoms with Crippen molar-refractivity contribution in [1.29, 1.82) is 0 Å². The molecule has 2 rings (SSSR count). The van der Waals surface area contributed by atoms with Gasteiger partial charge in [0.1, 0.15) is 0 Å². The van der Waals surface area contributed by atoms with E-state index in [9.17, 15) is 4.79 Å². The van der Waals surface area contributed by atoms with E-state index in [0.717, 1.165) is 26.1 Å². The highest BCUT2D eigenvalue weighted by molar-refractivity contribution is 5.86. The van der Waals surface area contributed by atoms with Crippen LogP contribution >= 0.6 is 0 Å². The molecule has 0 bridgehead atoms. The van der Waals surface area contributed by atoms with Gasteiger partial charge in [0.05, 0.1) is 0 Å². The van der Waals surface area contributed by atoms with E-state index >= 15 is 0 Å². The first-order valence-electron chi connectivity index (χ1n) is 6.90. The van der Waals surface area contributed by atoms with Gasteiger partial charge < -0.3 is 5.11 Å². The summed E-state index contributed by atoms with van der Waals surface area (Å²) < 4.78 is 0. The number of benzene rings is 1. The smallest absolute Gasteiger partial charge is 0.331 e. The van der Waals surface area contributed by atoms with Crippen molar-refractivity contribution in [3.8, 4) is 0 Å². The van der Waals surface area contributed by atoms with Crippen molar-refractivity contribution < 1.29 is 9.90 Å². The molecule has 1 atom stereocenters. The van der Waals surface area contributed by atoms with Gasteiger partial charge in [0.25, 0.3) is 0 Å². The summed E-state index contributed by atoms with van der Waals surface area (Å²) in [6.45, 7) is 4.71. The Labute approximate surface area is 114 Å². The monoisotopic (exact) mass is 259 g/mol. The van der Waals surface area contributed by atoms with E-state index in [2.05, 4.69) is 29.2 Å². The molecule has 3 nitrogen and oxygen atoms in total. The molecule has 0 aromatic heterocycles. The van der Waals surface area contributed by atoms with Gasteiger partial charge in [-0.3, -0.25) is 4.90 Å². The number of likely N-dealkylation sites (tertiary alicyclic amines) is 1. The molecule has 1 N–H and O–H groups in total. The molecule has 0 aliphatic carbocycles. The fourth-order valence-electron chi connectivity index (χ4n) is 2.62. The van der Waals surface area contributed by atoms with Crippen LogP contribution in [0.25, 0.3) is 0 Å². The molecule has 1 aromatic carbocycles. The Morgan fingerprint density at radius 3 is 2.79 bits per heavy atom. The third-order valence-corrected chi connectivity index (χ3v) is 3.79. The highest BCUT2D eigenvalue weighted by Crippen LogP contribution is 2.26. The fraction of sp³-hybridized carbons (Fsp3) is 0.438. The minimum atomic E-state index is -0.790. The number of hydrogen-bond donors (Lipinski definition) is 1. The second-order valence-electron chi connectivity index (χ2n) is 5.04. The molecule has 0 radical (unpaired) electrons. The molecule has 0 amide bonds. The molecule has 1 saturated heterocycles. The maximum Gasteiger partial charge on any atom is 0.331 e. The second-order valence-corrected chi connectivity index (χ2v) is 5.04. The SMILES string of the molecule is CCC(=CCN1CCC(c2ccccc2)C1)C(=O)O. The van der Waals surface area contributed by atoms with Gasteiger partial charge >= 0.3 is 5.97 Å². The summed E-state index contributed by atoms with van der Waals surface area (Å²) in [6.07, 6.45) is 3.60. The lowest BCUT2D eigenvalue weighted by atomic mass is 9.99. The van der Waals surface area contributed by atoms with Crippen LogP contribution < -0.4 is 0 Å². The lowest BCUT2D eigenvalue weighted by molar-refractivity contribution is -0.132. The van der Waals surface area contributed by atoms with Crippen molar-refractivity contribution in [1.82, 2.24) is 4.90 Å². The highest BCUT2D eigenvalue weighted by Gasteiger charge is 2.22. The number of carbonyl (C=O) groups is 1. The molecule has 102 valence electrons. The zero-order valence-electron chi connectivity index (χ0n) is 11.4. The minimum absolute atomic E-state index is 0.517. The van der Waals surface area contributed by atoms with Crippen LogP contribution in [0, 0.1) is 0 Å². The van der Waals surface area contributed by atoms with E-state index in [4.69, 9.17) is 5.11 Å². The van der Waals surface area contributed by atoms with Gasteiger partial charge in [-0.15, -0.1) is 0 Å². The zero-order chi connectivity index (χ0) is 13.7. The van der Waals surface area contributed by atoms with E-state index in [-0.39, 0.29) is 0 Å².